The molecule has 1 atom stereocenters. The second-order valence-electron chi connectivity index (χ2n) is 9.93. The maximum absolute atomic E-state index is 12.0. The van der Waals surface area contributed by atoms with Crippen molar-refractivity contribution in [2.75, 3.05) is 38.0 Å². The molecule has 0 aliphatic carbocycles. The van der Waals surface area contributed by atoms with Crippen LogP contribution in [0.15, 0.2) is 42.5 Å². The van der Waals surface area contributed by atoms with Gasteiger partial charge in [-0.05, 0) is 87.7 Å². The molecule has 3 N–H and O–H groups in total. The lowest BCUT2D eigenvalue weighted by Crippen LogP contribution is -2.38. The Morgan fingerprint density at radius 3 is 2.75 bits per heavy atom. The van der Waals surface area contributed by atoms with Gasteiger partial charge in [-0.1, -0.05) is 36.4 Å². The molecule has 2 aliphatic heterocycles. The highest BCUT2D eigenvalue weighted by molar-refractivity contribution is 5.72. The number of carboxylic acid groups (broad SMARTS) is 1. The highest BCUT2D eigenvalue weighted by atomic mass is 16.5. The summed E-state index contributed by atoms with van der Waals surface area (Å²) in [5.74, 6) is 0.236. The summed E-state index contributed by atoms with van der Waals surface area (Å²) >= 11 is 0. The zero-order valence-corrected chi connectivity index (χ0v) is 21.0. The Bertz CT molecular complexity index is 992. The lowest BCUT2D eigenvalue weighted by atomic mass is 9.91. The highest BCUT2D eigenvalue weighted by Gasteiger charge is 2.23. The number of carbonyl (C=O) groups excluding carboxylic acids is 1. The molecule has 1 aromatic heterocycles. The Hall–Kier alpha value is -3.13. The number of pyridine rings is 1. The van der Waals surface area contributed by atoms with Gasteiger partial charge in [-0.2, -0.15) is 0 Å². The summed E-state index contributed by atoms with van der Waals surface area (Å²) in [6.45, 7) is 3.95. The normalized spacial score (nSPS) is 17.0. The number of aromatic nitrogens is 1. The van der Waals surface area contributed by atoms with E-state index < -0.39 is 18.0 Å². The van der Waals surface area contributed by atoms with Crippen molar-refractivity contribution in [2.45, 2.75) is 51.6 Å². The number of ether oxygens (including phenoxy) is 1. The monoisotopic (exact) mass is 494 g/mol. The number of amides is 1. The first-order valence-electron chi connectivity index (χ1n) is 13.2. The molecule has 1 amide bonds. The number of rotatable bonds is 11. The summed E-state index contributed by atoms with van der Waals surface area (Å²) in [4.78, 5) is 30.8. The van der Waals surface area contributed by atoms with Gasteiger partial charge >= 0.3 is 12.1 Å². The zero-order valence-electron chi connectivity index (χ0n) is 21.0. The average molecular weight is 495 g/mol. The molecule has 36 heavy (non-hydrogen) atoms. The minimum Gasteiger partial charge on any atom is -0.481 e. The molecule has 4 rings (SSSR count). The van der Waals surface area contributed by atoms with Crippen LogP contribution in [0.5, 0.6) is 0 Å². The molecule has 3 heterocycles. The molecule has 1 fully saturated rings. The second kappa shape index (κ2) is 13.3. The fraction of sp³-hybridized carbons (Fsp3) is 0.536. The number of nitrogens with zero attached hydrogens (tertiary/aromatic N) is 2. The van der Waals surface area contributed by atoms with E-state index in [1.165, 1.54) is 17.7 Å². The summed E-state index contributed by atoms with van der Waals surface area (Å²) < 4.78 is 5.19. The van der Waals surface area contributed by atoms with Crippen LogP contribution in [-0.2, 0) is 29.0 Å². The van der Waals surface area contributed by atoms with E-state index in [0.29, 0.717) is 12.3 Å². The molecule has 1 saturated heterocycles. The van der Waals surface area contributed by atoms with Crippen LogP contribution >= 0.6 is 0 Å². The second-order valence-corrected chi connectivity index (χ2v) is 9.93. The number of carboxylic acids is 1. The fourth-order valence-electron chi connectivity index (χ4n) is 4.99. The number of anilines is 1. The van der Waals surface area contributed by atoms with Gasteiger partial charge in [0.1, 0.15) is 12.4 Å². The minimum atomic E-state index is -0.889. The van der Waals surface area contributed by atoms with Crippen LogP contribution in [0.25, 0.3) is 0 Å². The number of benzene rings is 1. The predicted molar refractivity (Wildman–Crippen MR) is 139 cm³/mol. The standard InChI is InChI=1S/C28H38N4O4/c33-27(34)24(19-30-28(35)36-20-22-5-2-1-3-6-22)14-18-32-16-12-21(13-17-32)8-10-25-11-9-23-7-4-15-29-26(23)31-25/h1-3,5-6,9,11,21,24H,4,7-8,10,12-20H2,(H,29,31)(H,30,35)(H,33,34). The van der Waals surface area contributed by atoms with Crippen molar-refractivity contribution in [1.29, 1.82) is 0 Å². The Labute approximate surface area is 213 Å². The molecule has 8 heteroatoms. The van der Waals surface area contributed by atoms with E-state index in [-0.39, 0.29) is 13.2 Å². The number of likely N-dealkylation sites (tertiary alicyclic amines) is 1. The molecule has 0 saturated carbocycles. The lowest BCUT2D eigenvalue weighted by molar-refractivity contribution is -0.141. The average Bonchev–Trinajstić information content (AvgIpc) is 2.91. The third kappa shape index (κ3) is 7.95. The number of aryl methyl sites for hydroxylation is 2. The van der Waals surface area contributed by atoms with E-state index in [1.54, 1.807) is 0 Å². The number of carbonyl (C=O) groups is 2. The summed E-state index contributed by atoms with van der Waals surface area (Å²) in [6, 6.07) is 13.8. The predicted octanol–water partition coefficient (Wildman–Crippen LogP) is 4.10. The number of nitrogens with one attached hydrogen (secondary N) is 2. The van der Waals surface area contributed by atoms with Crippen LogP contribution in [0.3, 0.4) is 0 Å². The number of hydrogen-bond acceptors (Lipinski definition) is 6. The van der Waals surface area contributed by atoms with Gasteiger partial charge in [-0.25, -0.2) is 9.78 Å². The van der Waals surface area contributed by atoms with Gasteiger partial charge in [-0.3, -0.25) is 4.79 Å². The van der Waals surface area contributed by atoms with Crippen molar-refractivity contribution in [1.82, 2.24) is 15.2 Å². The van der Waals surface area contributed by atoms with E-state index in [1.807, 2.05) is 30.3 Å². The van der Waals surface area contributed by atoms with Crippen LogP contribution in [0.1, 0.15) is 48.9 Å². The highest BCUT2D eigenvalue weighted by Crippen LogP contribution is 2.25. The number of piperidine rings is 1. The van der Waals surface area contributed by atoms with Crippen LogP contribution in [-0.4, -0.2) is 59.8 Å². The van der Waals surface area contributed by atoms with Crippen molar-refractivity contribution >= 4 is 17.9 Å². The fourth-order valence-corrected chi connectivity index (χ4v) is 4.99. The topological polar surface area (TPSA) is 104 Å². The SMILES string of the molecule is O=C(NCC(CCN1CCC(CCc2ccc3c(n2)NCCC3)CC1)C(=O)O)OCc1ccccc1. The Morgan fingerprint density at radius 1 is 1.17 bits per heavy atom. The van der Waals surface area contributed by atoms with Gasteiger partial charge in [0.2, 0.25) is 0 Å². The molecule has 0 bridgehead atoms. The van der Waals surface area contributed by atoms with Crippen LogP contribution in [0.2, 0.25) is 0 Å². The third-order valence-electron chi connectivity index (χ3n) is 7.32. The summed E-state index contributed by atoms with van der Waals surface area (Å²) in [6.07, 6.45) is 6.62. The van der Waals surface area contributed by atoms with Gasteiger partial charge in [-0.15, -0.1) is 0 Å². The molecule has 1 aromatic carbocycles. The molecule has 2 aliphatic rings. The molecule has 2 aromatic rings. The first-order valence-corrected chi connectivity index (χ1v) is 13.2. The van der Waals surface area contributed by atoms with E-state index >= 15 is 0 Å². The molecular formula is C28H38N4O4. The summed E-state index contributed by atoms with van der Waals surface area (Å²) in [7, 11) is 0. The first-order chi connectivity index (χ1) is 17.6. The molecule has 1 unspecified atom stereocenters. The Balaban J connectivity index is 1.12. The molecule has 194 valence electrons. The third-order valence-corrected chi connectivity index (χ3v) is 7.32. The lowest BCUT2D eigenvalue weighted by Gasteiger charge is -2.32. The van der Waals surface area contributed by atoms with Crippen molar-refractivity contribution in [3.8, 4) is 0 Å². The summed E-state index contributed by atoms with van der Waals surface area (Å²) in [5.41, 5.74) is 3.39. The number of hydrogen-bond donors (Lipinski definition) is 3. The smallest absolute Gasteiger partial charge is 0.407 e. The van der Waals surface area contributed by atoms with Gasteiger partial charge in [0.05, 0.1) is 5.92 Å². The van der Waals surface area contributed by atoms with E-state index in [4.69, 9.17) is 9.72 Å². The van der Waals surface area contributed by atoms with E-state index in [0.717, 1.165) is 69.7 Å². The van der Waals surface area contributed by atoms with Gasteiger partial charge in [0.15, 0.2) is 0 Å². The molecule has 8 nitrogen and oxygen atoms in total. The maximum atomic E-state index is 12.0. The quantitative estimate of drug-likeness (QED) is 0.432. The molecule has 0 radical (unpaired) electrons. The van der Waals surface area contributed by atoms with Crippen molar-refractivity contribution in [3.63, 3.8) is 0 Å². The van der Waals surface area contributed by atoms with Crippen LogP contribution in [0, 0.1) is 11.8 Å². The first kappa shape index (κ1) is 25.9. The van der Waals surface area contributed by atoms with Crippen LogP contribution in [0.4, 0.5) is 10.6 Å². The van der Waals surface area contributed by atoms with Gasteiger partial charge in [0.25, 0.3) is 0 Å². The largest absolute Gasteiger partial charge is 0.481 e. The van der Waals surface area contributed by atoms with Crippen molar-refractivity contribution in [2.24, 2.45) is 11.8 Å². The molecular weight excluding hydrogens is 456 g/mol. The van der Waals surface area contributed by atoms with Gasteiger partial charge < -0.3 is 25.4 Å². The Kier molecular flexibility index (Phi) is 9.55. The van der Waals surface area contributed by atoms with Gasteiger partial charge in [0, 0.05) is 18.8 Å². The van der Waals surface area contributed by atoms with E-state index in [9.17, 15) is 14.7 Å². The summed E-state index contributed by atoms with van der Waals surface area (Å²) in [5, 5.41) is 15.6. The van der Waals surface area contributed by atoms with E-state index in [2.05, 4.69) is 27.7 Å². The van der Waals surface area contributed by atoms with Crippen molar-refractivity contribution < 1.29 is 19.4 Å². The number of fused-ring (bicyclic) bond motifs is 1. The number of aliphatic carboxylic acids is 1. The van der Waals surface area contributed by atoms with Crippen LogP contribution < -0.4 is 10.6 Å². The Morgan fingerprint density at radius 2 is 1.97 bits per heavy atom. The number of alkyl carbamates (subject to hydrolysis) is 1. The van der Waals surface area contributed by atoms with Crippen molar-refractivity contribution in [3.05, 3.63) is 59.3 Å². The minimum absolute atomic E-state index is 0.0715. The zero-order chi connectivity index (χ0) is 25.2. The maximum Gasteiger partial charge on any atom is 0.407 e. The molecule has 0 spiro atoms.